The third-order valence-corrected chi connectivity index (χ3v) is 1.65. The van der Waals surface area contributed by atoms with E-state index in [0.717, 1.165) is 10.9 Å². The van der Waals surface area contributed by atoms with Crippen LogP contribution in [0.1, 0.15) is 0 Å². The van der Waals surface area contributed by atoms with Crippen molar-refractivity contribution in [3.63, 3.8) is 0 Å². The maximum Gasteiger partial charge on any atom is 2.00 e. The molecule has 0 aliphatic carbocycles. The second-order valence-corrected chi connectivity index (χ2v) is 2.38. The van der Waals surface area contributed by atoms with Crippen molar-refractivity contribution in [2.75, 3.05) is 0 Å². The third kappa shape index (κ3) is 1.63. The number of hydrogen-bond acceptors (Lipinski definition) is 1. The van der Waals surface area contributed by atoms with Gasteiger partial charge in [-0.1, -0.05) is 24.3 Å². The molecule has 0 atom stereocenters. The molecule has 1 aromatic heterocycles. The summed E-state index contributed by atoms with van der Waals surface area (Å²) in [4.78, 5) is 4.12. The van der Waals surface area contributed by atoms with Gasteiger partial charge in [-0.15, -0.1) is 5.69 Å². The summed E-state index contributed by atoms with van der Waals surface area (Å²) in [6.07, 6.45) is 1.66. The van der Waals surface area contributed by atoms with Crippen molar-refractivity contribution < 1.29 is 31.1 Å². The topological polar surface area (TPSA) is 36.7 Å². The fourth-order valence-electron chi connectivity index (χ4n) is 1.10. The summed E-state index contributed by atoms with van der Waals surface area (Å²) in [5.41, 5.74) is 8.95. The molecule has 56 valence electrons. The predicted octanol–water partition coefficient (Wildman–Crippen LogP) is 2.92. The zero-order valence-corrected chi connectivity index (χ0v) is 10.6. The molecule has 2 nitrogen and oxygen atoms in total. The molecule has 0 aliphatic rings. The van der Waals surface area contributed by atoms with Crippen LogP contribution in [-0.2, 0) is 0 Å². The zero-order valence-electron chi connectivity index (χ0n) is 6.41. The number of hydrogen-bond donors (Lipinski definition) is 0. The summed E-state index contributed by atoms with van der Waals surface area (Å²) in [7, 11) is 0. The smallest absolute Gasteiger partial charge is 0.698 e. The van der Waals surface area contributed by atoms with Crippen LogP contribution in [0.2, 0.25) is 0 Å². The van der Waals surface area contributed by atoms with E-state index in [1.807, 2.05) is 24.3 Å². The van der Waals surface area contributed by atoms with E-state index in [0.29, 0.717) is 5.69 Å². The Balaban J connectivity index is 0.000000720. The molecule has 0 radical (unpaired) electrons. The SMILES string of the molecule is [NH-]c1ccnc2ccccc12.[U+2]. The molecule has 0 amide bonds. The number of aromatic nitrogens is 1. The third-order valence-electron chi connectivity index (χ3n) is 1.65. The van der Waals surface area contributed by atoms with E-state index in [1.54, 1.807) is 12.3 Å². The monoisotopic (exact) mass is 381 g/mol. The Kier molecular flexibility index (Phi) is 3.14. The predicted molar refractivity (Wildman–Crippen MR) is 45.7 cm³/mol. The molecule has 0 bridgehead atoms. The molecule has 2 aromatic rings. The summed E-state index contributed by atoms with van der Waals surface area (Å²) in [5.74, 6) is 0. The maximum absolute atomic E-state index is 7.52. The first-order valence-corrected chi connectivity index (χ1v) is 3.43. The van der Waals surface area contributed by atoms with E-state index in [9.17, 15) is 0 Å². The Bertz CT molecular complexity index is 382. The molecule has 0 spiro atoms. The number of rotatable bonds is 0. The summed E-state index contributed by atoms with van der Waals surface area (Å²) in [6.45, 7) is 0. The standard InChI is InChI=1S/C9H7N2.U/c10-8-5-6-11-9-4-2-1-3-7(8)9;/h1-6H,(H-,10,11);/q-1;+2. The van der Waals surface area contributed by atoms with Gasteiger partial charge in [-0.3, -0.25) is 4.98 Å². The fraction of sp³-hybridized carbons (Fsp3) is 0. The van der Waals surface area contributed by atoms with E-state index in [-0.39, 0.29) is 31.1 Å². The molecule has 1 N–H and O–H groups in total. The minimum Gasteiger partial charge on any atom is -0.698 e. The second kappa shape index (κ2) is 3.93. The number of nitrogens with one attached hydrogen (secondary N) is 1. The average Bonchev–Trinajstić information content (AvgIpc) is 2.06. The zero-order chi connectivity index (χ0) is 7.68. The van der Waals surface area contributed by atoms with Crippen molar-refractivity contribution in [2.45, 2.75) is 0 Å². The molecule has 2 rings (SSSR count). The van der Waals surface area contributed by atoms with Gasteiger partial charge in [-0.25, -0.2) is 0 Å². The molecular formula is C9H7N2U+. The van der Waals surface area contributed by atoms with Gasteiger partial charge in [0.15, 0.2) is 0 Å². The molecule has 12 heavy (non-hydrogen) atoms. The van der Waals surface area contributed by atoms with Crippen molar-refractivity contribution >= 4 is 16.6 Å². The van der Waals surface area contributed by atoms with E-state index in [1.165, 1.54) is 0 Å². The van der Waals surface area contributed by atoms with Crippen LogP contribution in [0.5, 0.6) is 0 Å². The van der Waals surface area contributed by atoms with Crippen molar-refractivity contribution in [1.29, 1.82) is 0 Å². The van der Waals surface area contributed by atoms with Crippen LogP contribution in [0.3, 0.4) is 0 Å². The van der Waals surface area contributed by atoms with Gasteiger partial charge in [0.1, 0.15) is 0 Å². The molecule has 3 heteroatoms. The Morgan fingerprint density at radius 3 is 2.58 bits per heavy atom. The van der Waals surface area contributed by atoms with E-state index in [4.69, 9.17) is 5.73 Å². The summed E-state index contributed by atoms with van der Waals surface area (Å²) in [5, 5.41) is 0.912. The van der Waals surface area contributed by atoms with Gasteiger partial charge in [0.2, 0.25) is 0 Å². The maximum atomic E-state index is 7.52. The first-order valence-electron chi connectivity index (χ1n) is 3.43. The Morgan fingerprint density at radius 2 is 1.83 bits per heavy atom. The minimum absolute atomic E-state index is 0. The number of nitrogens with zero attached hydrogens (tertiary/aromatic N) is 1. The van der Waals surface area contributed by atoms with Crippen LogP contribution >= 0.6 is 0 Å². The number of pyridine rings is 1. The number of benzene rings is 1. The van der Waals surface area contributed by atoms with Crippen LogP contribution < -0.4 is 0 Å². The van der Waals surface area contributed by atoms with E-state index < -0.39 is 0 Å². The largest absolute Gasteiger partial charge is 2.00 e. The molecule has 1 aromatic carbocycles. The van der Waals surface area contributed by atoms with Gasteiger partial charge in [-0.2, -0.15) is 0 Å². The van der Waals surface area contributed by atoms with Crippen molar-refractivity contribution in [3.8, 4) is 0 Å². The van der Waals surface area contributed by atoms with Crippen molar-refractivity contribution in [2.24, 2.45) is 0 Å². The molecule has 0 fully saturated rings. The van der Waals surface area contributed by atoms with Gasteiger partial charge in [0, 0.05) is 6.20 Å². The van der Waals surface area contributed by atoms with Crippen LogP contribution in [-0.4, -0.2) is 4.98 Å². The first kappa shape index (κ1) is 9.57. The summed E-state index contributed by atoms with van der Waals surface area (Å²) in [6, 6.07) is 9.36. The molecule has 0 unspecified atom stereocenters. The van der Waals surface area contributed by atoms with Gasteiger partial charge < -0.3 is 5.73 Å². The molecule has 0 saturated heterocycles. The average molecular weight is 381 g/mol. The first-order chi connectivity index (χ1) is 5.38. The van der Waals surface area contributed by atoms with E-state index in [2.05, 4.69) is 4.98 Å². The van der Waals surface area contributed by atoms with Crippen LogP contribution in [0.25, 0.3) is 16.6 Å². The van der Waals surface area contributed by atoms with Crippen LogP contribution in [0.15, 0.2) is 36.5 Å². The molecule has 1 heterocycles. The molecule has 0 aliphatic heterocycles. The Hall–Kier alpha value is -0.518. The van der Waals surface area contributed by atoms with Gasteiger partial charge in [0.25, 0.3) is 0 Å². The van der Waals surface area contributed by atoms with E-state index >= 15 is 0 Å². The van der Waals surface area contributed by atoms with Gasteiger partial charge in [0.05, 0.1) is 5.52 Å². The Morgan fingerprint density at radius 1 is 1.08 bits per heavy atom. The number of fused-ring (bicyclic) bond motifs is 1. The minimum atomic E-state index is 0. The number of para-hydroxylation sites is 1. The summed E-state index contributed by atoms with van der Waals surface area (Å²) < 4.78 is 0. The quantitative estimate of drug-likeness (QED) is 0.692. The van der Waals surface area contributed by atoms with Crippen LogP contribution in [0, 0.1) is 31.1 Å². The van der Waals surface area contributed by atoms with Crippen LogP contribution in [0.4, 0.5) is 5.69 Å². The van der Waals surface area contributed by atoms with Crippen molar-refractivity contribution in [1.82, 2.24) is 4.98 Å². The fourth-order valence-corrected chi connectivity index (χ4v) is 1.10. The Labute approximate surface area is 94.6 Å². The molecule has 0 saturated carbocycles. The normalized spacial score (nSPS) is 9.33. The van der Waals surface area contributed by atoms with Gasteiger partial charge in [-0.05, 0) is 11.5 Å². The second-order valence-electron chi connectivity index (χ2n) is 2.38. The van der Waals surface area contributed by atoms with Crippen molar-refractivity contribution in [3.05, 3.63) is 42.3 Å². The summed E-state index contributed by atoms with van der Waals surface area (Å²) >= 11 is 0. The van der Waals surface area contributed by atoms with Gasteiger partial charge >= 0.3 is 31.1 Å². The molecular weight excluding hydrogens is 374 g/mol.